The van der Waals surface area contributed by atoms with Gasteiger partial charge in [0.25, 0.3) is 0 Å². The Hall–Kier alpha value is -0.610. The van der Waals surface area contributed by atoms with Crippen LogP contribution in [0.3, 0.4) is 0 Å². The lowest BCUT2D eigenvalue weighted by Gasteiger charge is -2.33. The molecule has 0 aliphatic carbocycles. The number of hydrogen-bond donors (Lipinski definition) is 1. The molecule has 1 aliphatic rings. The fourth-order valence-electron chi connectivity index (χ4n) is 2.83. The summed E-state index contributed by atoms with van der Waals surface area (Å²) in [5.41, 5.74) is 0. The molecule has 0 radical (unpaired) electrons. The molecule has 118 valence electrons. The highest BCUT2D eigenvalue weighted by atomic mass is 16.4. The predicted octanol–water partition coefficient (Wildman–Crippen LogP) is 2.83. The van der Waals surface area contributed by atoms with Crippen LogP contribution in [0, 0.1) is 0 Å². The van der Waals surface area contributed by atoms with E-state index >= 15 is 0 Å². The summed E-state index contributed by atoms with van der Waals surface area (Å²) in [6, 6.07) is 0. The van der Waals surface area contributed by atoms with Crippen molar-refractivity contribution < 1.29 is 9.90 Å². The quantitative estimate of drug-likeness (QED) is 0.593. The van der Waals surface area contributed by atoms with Gasteiger partial charge >= 0.3 is 5.97 Å². The molecule has 0 aromatic heterocycles. The molecule has 0 atom stereocenters. The van der Waals surface area contributed by atoms with Crippen molar-refractivity contribution in [3.8, 4) is 0 Å². The zero-order chi connectivity index (χ0) is 14.6. The van der Waals surface area contributed by atoms with E-state index in [1.165, 1.54) is 57.9 Å². The number of unbranched alkanes of at least 4 members (excludes halogenated alkanes) is 7. The molecule has 0 aromatic carbocycles. The second-order valence-corrected chi connectivity index (χ2v) is 5.99. The van der Waals surface area contributed by atoms with Gasteiger partial charge in [-0.05, 0) is 13.0 Å². The molecule has 1 rings (SSSR count). The van der Waals surface area contributed by atoms with Gasteiger partial charge in [0.15, 0.2) is 0 Å². The first-order valence-electron chi connectivity index (χ1n) is 8.39. The molecule has 0 bridgehead atoms. The van der Waals surface area contributed by atoms with E-state index in [1.54, 1.807) is 0 Å². The fourth-order valence-corrected chi connectivity index (χ4v) is 2.83. The van der Waals surface area contributed by atoms with Crippen LogP contribution in [-0.2, 0) is 4.79 Å². The smallest absolute Gasteiger partial charge is 0.317 e. The molecule has 0 saturated carbocycles. The molecule has 1 saturated heterocycles. The summed E-state index contributed by atoms with van der Waals surface area (Å²) in [4.78, 5) is 15.1. The van der Waals surface area contributed by atoms with Gasteiger partial charge in [-0.3, -0.25) is 9.69 Å². The van der Waals surface area contributed by atoms with Gasteiger partial charge in [0, 0.05) is 26.2 Å². The second-order valence-electron chi connectivity index (χ2n) is 5.99. The van der Waals surface area contributed by atoms with Crippen molar-refractivity contribution in [2.24, 2.45) is 0 Å². The monoisotopic (exact) mass is 284 g/mol. The molecule has 20 heavy (non-hydrogen) atoms. The van der Waals surface area contributed by atoms with Crippen LogP contribution >= 0.6 is 0 Å². The summed E-state index contributed by atoms with van der Waals surface area (Å²) < 4.78 is 0. The lowest BCUT2D eigenvalue weighted by Crippen LogP contribution is -2.48. The maximum Gasteiger partial charge on any atom is 0.317 e. The molecule has 0 aromatic rings. The minimum Gasteiger partial charge on any atom is -0.480 e. The van der Waals surface area contributed by atoms with Crippen LogP contribution in [0.2, 0.25) is 0 Å². The van der Waals surface area contributed by atoms with Gasteiger partial charge in [-0.1, -0.05) is 51.9 Å². The van der Waals surface area contributed by atoms with E-state index in [0.29, 0.717) is 0 Å². The van der Waals surface area contributed by atoms with Crippen molar-refractivity contribution >= 4 is 5.97 Å². The van der Waals surface area contributed by atoms with Gasteiger partial charge in [0.1, 0.15) is 0 Å². The fraction of sp³-hybridized carbons (Fsp3) is 0.938. The number of carbonyl (C=O) groups is 1. The predicted molar refractivity (Wildman–Crippen MR) is 83.1 cm³/mol. The Bertz CT molecular complexity index is 251. The summed E-state index contributed by atoms with van der Waals surface area (Å²) in [6.07, 6.45) is 10.9. The summed E-state index contributed by atoms with van der Waals surface area (Å²) in [5.74, 6) is -0.707. The molecule has 1 N–H and O–H groups in total. The summed E-state index contributed by atoms with van der Waals surface area (Å²) >= 11 is 0. The Morgan fingerprint density at radius 3 is 1.90 bits per heavy atom. The molecule has 1 aliphatic heterocycles. The molecular formula is C16H32N2O2. The number of hydrogen-bond acceptors (Lipinski definition) is 3. The van der Waals surface area contributed by atoms with Gasteiger partial charge in [0.2, 0.25) is 0 Å². The number of rotatable bonds is 11. The van der Waals surface area contributed by atoms with Crippen LogP contribution in [0.15, 0.2) is 0 Å². The average Bonchev–Trinajstić information content (AvgIpc) is 2.43. The SMILES string of the molecule is CCCCCCCCCCN1CCN(CC(=O)O)CC1. The highest BCUT2D eigenvalue weighted by Gasteiger charge is 2.17. The number of aliphatic carboxylic acids is 1. The zero-order valence-corrected chi connectivity index (χ0v) is 13.1. The van der Waals surface area contributed by atoms with Crippen molar-refractivity contribution in [1.29, 1.82) is 0 Å². The van der Waals surface area contributed by atoms with E-state index in [-0.39, 0.29) is 6.54 Å². The molecule has 4 nitrogen and oxygen atoms in total. The van der Waals surface area contributed by atoms with Gasteiger partial charge in [0.05, 0.1) is 6.54 Å². The van der Waals surface area contributed by atoms with Gasteiger partial charge in [-0.15, -0.1) is 0 Å². The van der Waals surface area contributed by atoms with Crippen LogP contribution in [0.1, 0.15) is 58.3 Å². The van der Waals surface area contributed by atoms with Crippen LogP contribution < -0.4 is 0 Å². The van der Waals surface area contributed by atoms with Crippen LogP contribution in [0.4, 0.5) is 0 Å². The lowest BCUT2D eigenvalue weighted by atomic mass is 10.1. The lowest BCUT2D eigenvalue weighted by molar-refractivity contribution is -0.138. The molecule has 1 fully saturated rings. The van der Waals surface area contributed by atoms with Crippen LogP contribution in [0.5, 0.6) is 0 Å². The van der Waals surface area contributed by atoms with Gasteiger partial charge < -0.3 is 10.0 Å². The van der Waals surface area contributed by atoms with Crippen molar-refractivity contribution in [2.45, 2.75) is 58.3 Å². The highest BCUT2D eigenvalue weighted by Crippen LogP contribution is 2.09. The third kappa shape index (κ3) is 8.54. The molecule has 0 amide bonds. The van der Waals surface area contributed by atoms with E-state index in [9.17, 15) is 4.79 Å². The first kappa shape index (κ1) is 17.4. The van der Waals surface area contributed by atoms with Gasteiger partial charge in [-0.2, -0.15) is 0 Å². The van der Waals surface area contributed by atoms with E-state index in [2.05, 4.69) is 11.8 Å². The first-order chi connectivity index (χ1) is 9.72. The standard InChI is InChI=1S/C16H32N2O2/c1-2-3-4-5-6-7-8-9-10-17-11-13-18(14-12-17)15-16(19)20/h2-15H2,1H3,(H,19,20). The normalized spacial score (nSPS) is 17.4. The molecule has 0 spiro atoms. The zero-order valence-electron chi connectivity index (χ0n) is 13.1. The topological polar surface area (TPSA) is 43.8 Å². The maximum absolute atomic E-state index is 10.6. The number of piperazine rings is 1. The Morgan fingerprint density at radius 1 is 0.850 bits per heavy atom. The third-order valence-electron chi connectivity index (χ3n) is 4.15. The second kappa shape index (κ2) is 11.1. The molecular weight excluding hydrogens is 252 g/mol. The van der Waals surface area contributed by atoms with Crippen molar-refractivity contribution in [2.75, 3.05) is 39.3 Å². The van der Waals surface area contributed by atoms with E-state index < -0.39 is 5.97 Å². The Kier molecular flexibility index (Phi) is 9.67. The third-order valence-corrected chi connectivity index (χ3v) is 4.15. The van der Waals surface area contributed by atoms with Crippen LogP contribution in [0.25, 0.3) is 0 Å². The molecule has 1 heterocycles. The number of carboxylic acids is 1. The van der Waals surface area contributed by atoms with Crippen molar-refractivity contribution in [1.82, 2.24) is 9.80 Å². The Morgan fingerprint density at radius 2 is 1.35 bits per heavy atom. The highest BCUT2D eigenvalue weighted by molar-refractivity contribution is 5.69. The Labute approximate surface area is 124 Å². The van der Waals surface area contributed by atoms with Crippen molar-refractivity contribution in [3.63, 3.8) is 0 Å². The van der Waals surface area contributed by atoms with Crippen LogP contribution in [-0.4, -0.2) is 60.1 Å². The minimum atomic E-state index is -0.707. The van der Waals surface area contributed by atoms with Gasteiger partial charge in [-0.25, -0.2) is 0 Å². The molecule has 0 unspecified atom stereocenters. The Balaban J connectivity index is 1.90. The minimum absolute atomic E-state index is 0.200. The number of carboxylic acid groups (broad SMARTS) is 1. The maximum atomic E-state index is 10.6. The number of nitrogens with zero attached hydrogens (tertiary/aromatic N) is 2. The van der Waals surface area contributed by atoms with E-state index in [1.807, 2.05) is 4.90 Å². The summed E-state index contributed by atoms with van der Waals surface area (Å²) in [7, 11) is 0. The van der Waals surface area contributed by atoms with E-state index in [0.717, 1.165) is 26.2 Å². The summed E-state index contributed by atoms with van der Waals surface area (Å²) in [6.45, 7) is 7.53. The average molecular weight is 284 g/mol. The van der Waals surface area contributed by atoms with Crippen molar-refractivity contribution in [3.05, 3.63) is 0 Å². The van der Waals surface area contributed by atoms with E-state index in [4.69, 9.17) is 5.11 Å². The molecule has 4 heteroatoms. The first-order valence-corrected chi connectivity index (χ1v) is 8.39. The summed E-state index contributed by atoms with van der Waals surface area (Å²) in [5, 5.41) is 8.75. The largest absolute Gasteiger partial charge is 0.480 e.